The maximum absolute atomic E-state index is 13.3. The van der Waals surface area contributed by atoms with E-state index >= 15 is 0 Å². The van der Waals surface area contributed by atoms with Crippen LogP contribution in [0.5, 0.6) is 0 Å². The van der Waals surface area contributed by atoms with Crippen LogP contribution in [0.15, 0.2) is 30.3 Å². The van der Waals surface area contributed by atoms with E-state index in [0.29, 0.717) is 11.4 Å². The highest BCUT2D eigenvalue weighted by molar-refractivity contribution is 6.29. The van der Waals surface area contributed by atoms with Gasteiger partial charge in [-0.2, -0.15) is 0 Å². The summed E-state index contributed by atoms with van der Waals surface area (Å²) in [6, 6.07) is 8.04. The third kappa shape index (κ3) is 6.17. The number of nitrogens with two attached hydrogens (primary N) is 1. The lowest BCUT2D eigenvalue weighted by Gasteiger charge is -2.26. The second kappa shape index (κ2) is 9.78. The van der Waals surface area contributed by atoms with Crippen LogP contribution in [0, 0.1) is 5.92 Å². The number of nitrogens with one attached hydrogen (secondary N) is 3. The maximum atomic E-state index is 13.3. The number of primary amides is 1. The third-order valence-corrected chi connectivity index (χ3v) is 5.13. The molecule has 166 valence electrons. The maximum Gasteiger partial charge on any atom is 0.291 e. The standard InChI is InChI=1S/C20H23ClFN5O4/c21-17(22)20(31)27(8-7-16(23)28)26-19(30)14(9-11-5-6-11)25-18(29)15-10-12-3-1-2-4-13(12)24-15/h1-4,10-11,14,17,24H,5-9H2,(H2,23,28)(H,25,29)(H,26,30)/t14-,17?/m0/s1. The largest absolute Gasteiger partial charge is 0.370 e. The number of rotatable bonds is 9. The number of benzene rings is 1. The average molecular weight is 452 g/mol. The highest BCUT2D eigenvalue weighted by Gasteiger charge is 2.33. The van der Waals surface area contributed by atoms with Crippen LogP contribution in [0.25, 0.3) is 10.9 Å². The van der Waals surface area contributed by atoms with E-state index in [1.165, 1.54) is 0 Å². The Bertz CT molecular complexity index is 958. The molecule has 31 heavy (non-hydrogen) atoms. The van der Waals surface area contributed by atoms with Gasteiger partial charge in [-0.15, -0.1) is 0 Å². The van der Waals surface area contributed by atoms with Crippen molar-refractivity contribution in [3.63, 3.8) is 0 Å². The van der Waals surface area contributed by atoms with Gasteiger partial charge in [-0.05, 0) is 24.5 Å². The van der Waals surface area contributed by atoms with Crippen LogP contribution in [0.2, 0.25) is 0 Å². The first-order chi connectivity index (χ1) is 14.7. The zero-order valence-corrected chi connectivity index (χ0v) is 17.3. The molecular weight excluding hydrogens is 429 g/mol. The Morgan fingerprint density at radius 1 is 1.26 bits per heavy atom. The predicted octanol–water partition coefficient (Wildman–Crippen LogP) is 1.34. The lowest BCUT2D eigenvalue weighted by Crippen LogP contribution is -2.56. The van der Waals surface area contributed by atoms with Gasteiger partial charge in [0.2, 0.25) is 5.91 Å². The Morgan fingerprint density at radius 3 is 2.58 bits per heavy atom. The zero-order valence-electron chi connectivity index (χ0n) is 16.6. The predicted molar refractivity (Wildman–Crippen MR) is 111 cm³/mol. The van der Waals surface area contributed by atoms with Gasteiger partial charge in [0.25, 0.3) is 23.4 Å². The Hall–Kier alpha value is -3.14. The fraction of sp³-hybridized carbons (Fsp3) is 0.400. The number of H-pyrrole nitrogens is 1. The molecule has 0 saturated heterocycles. The van der Waals surface area contributed by atoms with Crippen molar-refractivity contribution >= 4 is 46.1 Å². The molecule has 11 heteroatoms. The number of amides is 4. The van der Waals surface area contributed by atoms with E-state index in [4.69, 9.17) is 17.3 Å². The van der Waals surface area contributed by atoms with Crippen LogP contribution in [-0.2, 0) is 14.4 Å². The van der Waals surface area contributed by atoms with Crippen LogP contribution in [-0.4, -0.2) is 51.8 Å². The SMILES string of the molecule is NC(=O)CCN(NC(=O)[C@H](CC1CC1)NC(=O)c1cc2ccccc2[nH]1)C(=O)C(F)Cl. The van der Waals surface area contributed by atoms with Crippen LogP contribution in [0.4, 0.5) is 4.39 Å². The first kappa shape index (κ1) is 22.5. The molecule has 1 unspecified atom stereocenters. The lowest BCUT2D eigenvalue weighted by atomic mass is 10.1. The minimum Gasteiger partial charge on any atom is -0.370 e. The number of nitrogens with zero attached hydrogens (tertiary/aromatic N) is 1. The van der Waals surface area contributed by atoms with Gasteiger partial charge in [0.05, 0.1) is 6.54 Å². The summed E-state index contributed by atoms with van der Waals surface area (Å²) >= 11 is 5.20. The van der Waals surface area contributed by atoms with Crippen molar-refractivity contribution < 1.29 is 23.6 Å². The van der Waals surface area contributed by atoms with Crippen molar-refractivity contribution in [2.24, 2.45) is 11.7 Å². The molecule has 5 N–H and O–H groups in total. The van der Waals surface area contributed by atoms with Gasteiger partial charge in [0, 0.05) is 17.3 Å². The number of alkyl halides is 2. The van der Waals surface area contributed by atoms with Gasteiger partial charge < -0.3 is 16.0 Å². The normalized spacial score (nSPS) is 15.2. The molecule has 0 bridgehead atoms. The molecular formula is C20H23ClFN5O4. The number of fused-ring (bicyclic) bond motifs is 1. The first-order valence-electron chi connectivity index (χ1n) is 9.81. The molecule has 1 heterocycles. The Kier molecular flexibility index (Phi) is 7.11. The van der Waals surface area contributed by atoms with Gasteiger partial charge in [0.1, 0.15) is 11.7 Å². The fourth-order valence-electron chi connectivity index (χ4n) is 3.12. The number of aromatic amines is 1. The second-order valence-electron chi connectivity index (χ2n) is 7.46. The minimum atomic E-state index is -2.41. The van der Waals surface area contributed by atoms with E-state index < -0.39 is 35.3 Å². The van der Waals surface area contributed by atoms with Gasteiger partial charge in [0.15, 0.2) is 0 Å². The number of para-hydroxylation sites is 1. The van der Waals surface area contributed by atoms with Crippen molar-refractivity contribution in [3.05, 3.63) is 36.0 Å². The molecule has 0 radical (unpaired) electrons. The topological polar surface area (TPSA) is 137 Å². The number of halogens is 2. The quantitative estimate of drug-likeness (QED) is 0.337. The van der Waals surface area contributed by atoms with E-state index in [9.17, 15) is 23.6 Å². The molecule has 9 nitrogen and oxygen atoms in total. The van der Waals surface area contributed by atoms with E-state index in [0.717, 1.165) is 23.7 Å². The molecule has 2 aromatic rings. The van der Waals surface area contributed by atoms with Gasteiger partial charge >= 0.3 is 0 Å². The molecule has 1 aromatic carbocycles. The van der Waals surface area contributed by atoms with Crippen molar-refractivity contribution in [1.82, 2.24) is 20.7 Å². The molecule has 2 atom stereocenters. The van der Waals surface area contributed by atoms with Crippen molar-refractivity contribution in [3.8, 4) is 0 Å². The van der Waals surface area contributed by atoms with Crippen LogP contribution >= 0.6 is 11.6 Å². The van der Waals surface area contributed by atoms with E-state index in [-0.39, 0.29) is 24.6 Å². The summed E-state index contributed by atoms with van der Waals surface area (Å²) in [5.74, 6) is -2.92. The van der Waals surface area contributed by atoms with Gasteiger partial charge in [-0.1, -0.05) is 42.6 Å². The van der Waals surface area contributed by atoms with Gasteiger partial charge in [-0.25, -0.2) is 9.40 Å². The minimum absolute atomic E-state index is 0.260. The van der Waals surface area contributed by atoms with Crippen LogP contribution in [0.1, 0.15) is 36.2 Å². The number of hydrazine groups is 1. The highest BCUT2D eigenvalue weighted by atomic mass is 35.5. The monoisotopic (exact) mass is 451 g/mol. The van der Waals surface area contributed by atoms with Crippen molar-refractivity contribution in [2.75, 3.05) is 6.54 Å². The fourth-order valence-corrected chi connectivity index (χ4v) is 3.24. The van der Waals surface area contributed by atoms with Crippen molar-refractivity contribution in [2.45, 2.75) is 37.4 Å². The van der Waals surface area contributed by atoms with E-state index in [1.807, 2.05) is 24.3 Å². The summed E-state index contributed by atoms with van der Waals surface area (Å²) in [5.41, 5.74) is 5.97. The molecule has 0 aliphatic heterocycles. The molecule has 1 aliphatic carbocycles. The number of hydrogen-bond donors (Lipinski definition) is 4. The summed E-state index contributed by atoms with van der Waals surface area (Å²) in [6.07, 6.45) is 1.90. The van der Waals surface area contributed by atoms with Crippen molar-refractivity contribution in [1.29, 1.82) is 0 Å². The number of aromatic nitrogens is 1. The van der Waals surface area contributed by atoms with Crippen LogP contribution in [0.3, 0.4) is 0 Å². The first-order valence-corrected chi connectivity index (χ1v) is 10.2. The third-order valence-electron chi connectivity index (χ3n) is 4.94. The molecule has 4 amide bonds. The Labute approximate surface area is 182 Å². The summed E-state index contributed by atoms with van der Waals surface area (Å²) < 4.78 is 13.3. The second-order valence-corrected chi connectivity index (χ2v) is 7.84. The molecule has 1 fully saturated rings. The Morgan fingerprint density at radius 2 is 1.97 bits per heavy atom. The van der Waals surface area contributed by atoms with E-state index in [2.05, 4.69) is 15.7 Å². The zero-order chi connectivity index (χ0) is 22.5. The molecule has 0 spiro atoms. The average Bonchev–Trinajstić information content (AvgIpc) is 3.43. The van der Waals surface area contributed by atoms with Gasteiger partial charge in [-0.3, -0.25) is 24.6 Å². The molecule has 3 rings (SSSR count). The summed E-state index contributed by atoms with van der Waals surface area (Å²) in [6.45, 7) is -0.348. The smallest absolute Gasteiger partial charge is 0.291 e. The lowest BCUT2D eigenvalue weighted by molar-refractivity contribution is -0.144. The highest BCUT2D eigenvalue weighted by Crippen LogP contribution is 2.33. The number of hydrogen-bond acceptors (Lipinski definition) is 4. The Balaban J connectivity index is 1.71. The van der Waals surface area contributed by atoms with E-state index in [1.54, 1.807) is 6.07 Å². The number of carbonyl (C=O) groups is 4. The summed E-state index contributed by atoms with van der Waals surface area (Å²) in [4.78, 5) is 51.5. The summed E-state index contributed by atoms with van der Waals surface area (Å²) in [5, 5.41) is 4.12. The molecule has 1 aliphatic rings. The number of carbonyl (C=O) groups excluding carboxylic acids is 4. The summed E-state index contributed by atoms with van der Waals surface area (Å²) in [7, 11) is 0. The molecule has 1 saturated carbocycles. The van der Waals surface area contributed by atoms with Crippen LogP contribution < -0.4 is 16.5 Å². The molecule has 1 aromatic heterocycles.